The third kappa shape index (κ3) is 4.53. The molecule has 2 rings (SSSR count). The van der Waals surface area contributed by atoms with Crippen molar-refractivity contribution in [2.45, 2.75) is 18.0 Å². The highest BCUT2D eigenvalue weighted by Gasteiger charge is 2.30. The van der Waals surface area contributed by atoms with Crippen LogP contribution in [0.1, 0.15) is 11.1 Å². The van der Waals surface area contributed by atoms with Crippen LogP contribution < -0.4 is 5.32 Å². The topological polar surface area (TPSA) is 29.1 Å². The second kappa shape index (κ2) is 6.87. The van der Waals surface area contributed by atoms with Crippen molar-refractivity contribution < 1.29 is 18.0 Å². The summed E-state index contributed by atoms with van der Waals surface area (Å²) < 4.78 is 37.8. The number of hydrogen-bond donors (Lipinski definition) is 1. The smallest absolute Gasteiger partial charge is 0.325 e. The van der Waals surface area contributed by atoms with Gasteiger partial charge in [-0.25, -0.2) is 0 Å². The zero-order chi connectivity index (χ0) is 16.2. The van der Waals surface area contributed by atoms with Gasteiger partial charge in [0.1, 0.15) is 0 Å². The molecule has 0 heterocycles. The molecule has 0 aliphatic carbocycles. The lowest BCUT2D eigenvalue weighted by atomic mass is 10.2. The molecule has 1 amide bonds. The summed E-state index contributed by atoms with van der Waals surface area (Å²) in [4.78, 5) is 12.3. The van der Waals surface area contributed by atoms with Gasteiger partial charge in [0, 0.05) is 10.6 Å². The molecule has 0 radical (unpaired) electrons. The number of anilines is 1. The van der Waals surface area contributed by atoms with Gasteiger partial charge >= 0.3 is 6.18 Å². The molecule has 0 fully saturated rings. The lowest BCUT2D eigenvalue weighted by Gasteiger charge is -2.09. The Balaban J connectivity index is 1.96. The zero-order valence-corrected chi connectivity index (χ0v) is 12.6. The van der Waals surface area contributed by atoms with Crippen LogP contribution in [-0.2, 0) is 11.0 Å². The van der Waals surface area contributed by atoms with Gasteiger partial charge in [0.15, 0.2) is 0 Å². The highest BCUT2D eigenvalue weighted by molar-refractivity contribution is 8.00. The van der Waals surface area contributed by atoms with Gasteiger partial charge in [-0.2, -0.15) is 13.2 Å². The molecule has 116 valence electrons. The molecule has 0 atom stereocenters. The summed E-state index contributed by atoms with van der Waals surface area (Å²) in [5, 5.41) is 2.74. The molecule has 6 heteroatoms. The first-order valence-corrected chi connectivity index (χ1v) is 7.50. The maximum Gasteiger partial charge on any atom is 0.416 e. The quantitative estimate of drug-likeness (QED) is 0.822. The number of thioether (sulfide) groups is 1. The van der Waals surface area contributed by atoms with E-state index in [-0.39, 0.29) is 11.7 Å². The predicted octanol–water partition coefficient (Wildman–Crippen LogP) is 4.74. The molecule has 0 saturated carbocycles. The van der Waals surface area contributed by atoms with Crippen molar-refractivity contribution in [2.24, 2.45) is 0 Å². The fourth-order valence-corrected chi connectivity index (χ4v) is 2.57. The number of rotatable bonds is 4. The number of alkyl halides is 3. The Labute approximate surface area is 130 Å². The average molecular weight is 325 g/mol. The maximum atomic E-state index is 12.6. The van der Waals surface area contributed by atoms with Crippen LogP contribution >= 0.6 is 11.8 Å². The molecule has 0 bridgehead atoms. The Bertz CT molecular complexity index is 670. The van der Waals surface area contributed by atoms with Gasteiger partial charge in [-0.05, 0) is 36.8 Å². The third-order valence-corrected chi connectivity index (χ3v) is 3.94. The number of carbonyl (C=O) groups is 1. The summed E-state index contributed by atoms with van der Waals surface area (Å²) in [6.45, 7) is 1.87. The van der Waals surface area contributed by atoms with E-state index in [0.29, 0.717) is 10.6 Å². The Morgan fingerprint density at radius 3 is 2.55 bits per heavy atom. The fourth-order valence-electron chi connectivity index (χ4n) is 1.81. The van der Waals surface area contributed by atoms with E-state index in [9.17, 15) is 18.0 Å². The van der Waals surface area contributed by atoms with Crippen molar-refractivity contribution in [3.8, 4) is 0 Å². The van der Waals surface area contributed by atoms with Crippen LogP contribution in [0.3, 0.4) is 0 Å². The van der Waals surface area contributed by atoms with E-state index in [1.54, 1.807) is 12.1 Å². The molecule has 0 aromatic heterocycles. The number of aryl methyl sites for hydroxylation is 1. The Kier molecular flexibility index (Phi) is 5.13. The second-order valence-electron chi connectivity index (χ2n) is 4.68. The van der Waals surface area contributed by atoms with Crippen LogP contribution in [0.25, 0.3) is 0 Å². The van der Waals surface area contributed by atoms with Crippen molar-refractivity contribution in [1.82, 2.24) is 0 Å². The van der Waals surface area contributed by atoms with E-state index < -0.39 is 11.7 Å². The molecular weight excluding hydrogens is 311 g/mol. The molecule has 0 spiro atoms. The summed E-state index contributed by atoms with van der Waals surface area (Å²) in [6.07, 6.45) is -4.38. The van der Waals surface area contributed by atoms with Gasteiger partial charge in [0.05, 0.1) is 11.3 Å². The zero-order valence-electron chi connectivity index (χ0n) is 11.8. The molecule has 0 unspecified atom stereocenters. The fraction of sp³-hybridized carbons (Fsp3) is 0.188. The van der Waals surface area contributed by atoms with Gasteiger partial charge in [-0.3, -0.25) is 4.79 Å². The molecule has 0 aliphatic heterocycles. The summed E-state index contributed by atoms with van der Waals surface area (Å²) in [7, 11) is 0. The first-order valence-electron chi connectivity index (χ1n) is 6.52. The van der Waals surface area contributed by atoms with Crippen molar-refractivity contribution in [3.63, 3.8) is 0 Å². The van der Waals surface area contributed by atoms with E-state index in [0.717, 1.165) is 29.5 Å². The second-order valence-corrected chi connectivity index (χ2v) is 5.73. The van der Waals surface area contributed by atoms with Crippen LogP contribution in [0.5, 0.6) is 0 Å². The summed E-state index contributed by atoms with van der Waals surface area (Å²) >= 11 is 1.07. The minimum Gasteiger partial charge on any atom is -0.325 e. The normalized spacial score (nSPS) is 11.3. The van der Waals surface area contributed by atoms with Gasteiger partial charge in [0.25, 0.3) is 0 Å². The number of amides is 1. The highest BCUT2D eigenvalue weighted by Crippen LogP contribution is 2.31. The van der Waals surface area contributed by atoms with E-state index in [1.807, 2.05) is 25.1 Å². The number of benzene rings is 2. The third-order valence-electron chi connectivity index (χ3n) is 2.95. The molecule has 22 heavy (non-hydrogen) atoms. The van der Waals surface area contributed by atoms with Crippen LogP contribution in [0, 0.1) is 6.92 Å². The first kappa shape index (κ1) is 16.4. The molecule has 2 aromatic rings. The lowest BCUT2D eigenvalue weighted by molar-refractivity contribution is -0.137. The van der Waals surface area contributed by atoms with Crippen molar-refractivity contribution in [2.75, 3.05) is 11.1 Å². The van der Waals surface area contributed by atoms with Gasteiger partial charge in [-0.1, -0.05) is 24.3 Å². The Morgan fingerprint density at radius 2 is 1.86 bits per heavy atom. The van der Waals surface area contributed by atoms with Crippen LogP contribution in [-0.4, -0.2) is 11.7 Å². The molecule has 2 aromatic carbocycles. The number of hydrogen-bond acceptors (Lipinski definition) is 2. The average Bonchev–Trinajstić information content (AvgIpc) is 2.47. The first-order chi connectivity index (χ1) is 10.4. The van der Waals surface area contributed by atoms with Crippen molar-refractivity contribution >= 4 is 23.4 Å². The monoisotopic (exact) mass is 325 g/mol. The molecule has 0 aliphatic rings. The minimum absolute atomic E-state index is 0.0512. The van der Waals surface area contributed by atoms with Crippen LogP contribution in [0.2, 0.25) is 0 Å². The largest absolute Gasteiger partial charge is 0.416 e. The molecular formula is C16H14F3NOS. The molecule has 0 saturated heterocycles. The van der Waals surface area contributed by atoms with E-state index in [4.69, 9.17) is 0 Å². The summed E-state index contributed by atoms with van der Waals surface area (Å²) in [6, 6.07) is 12.3. The van der Waals surface area contributed by atoms with E-state index >= 15 is 0 Å². The predicted molar refractivity (Wildman–Crippen MR) is 82.0 cm³/mol. The lowest BCUT2D eigenvalue weighted by Crippen LogP contribution is -2.14. The standard InChI is InChI=1S/C16H14F3NOS/c1-11-5-2-3-8-14(11)20-15(21)10-22-13-7-4-6-12(9-13)16(17,18)19/h2-9H,10H2,1H3,(H,20,21). The van der Waals surface area contributed by atoms with Gasteiger partial charge in [-0.15, -0.1) is 11.8 Å². The molecule has 2 nitrogen and oxygen atoms in total. The number of para-hydroxylation sites is 1. The van der Waals surface area contributed by atoms with Gasteiger partial charge in [0.2, 0.25) is 5.91 Å². The van der Waals surface area contributed by atoms with Gasteiger partial charge < -0.3 is 5.32 Å². The Hall–Kier alpha value is -1.95. The van der Waals surface area contributed by atoms with E-state index in [2.05, 4.69) is 5.32 Å². The number of halogens is 3. The van der Waals surface area contributed by atoms with Crippen molar-refractivity contribution in [1.29, 1.82) is 0 Å². The number of carbonyl (C=O) groups excluding carboxylic acids is 1. The summed E-state index contributed by atoms with van der Waals surface area (Å²) in [5.74, 6) is -0.202. The maximum absolute atomic E-state index is 12.6. The van der Waals surface area contributed by atoms with Crippen molar-refractivity contribution in [3.05, 3.63) is 59.7 Å². The van der Waals surface area contributed by atoms with Crippen LogP contribution in [0.4, 0.5) is 18.9 Å². The highest BCUT2D eigenvalue weighted by atomic mass is 32.2. The van der Waals surface area contributed by atoms with Crippen LogP contribution in [0.15, 0.2) is 53.4 Å². The Morgan fingerprint density at radius 1 is 1.14 bits per heavy atom. The number of nitrogens with one attached hydrogen (secondary N) is 1. The summed E-state index contributed by atoms with van der Waals surface area (Å²) in [5.41, 5.74) is 0.925. The SMILES string of the molecule is Cc1ccccc1NC(=O)CSc1cccc(C(F)(F)F)c1. The minimum atomic E-state index is -4.38. The molecule has 1 N–H and O–H groups in total. The van der Waals surface area contributed by atoms with E-state index in [1.165, 1.54) is 6.07 Å².